The second kappa shape index (κ2) is 9.57. The van der Waals surface area contributed by atoms with Crippen LogP contribution in [0.4, 0.5) is 5.13 Å². The van der Waals surface area contributed by atoms with E-state index < -0.39 is 0 Å². The van der Waals surface area contributed by atoms with Crippen LogP contribution in [0.1, 0.15) is 40.5 Å². The number of carbonyl (C=O) groups excluding carboxylic acids is 1. The molecule has 5 heterocycles. The van der Waals surface area contributed by atoms with Gasteiger partial charge in [-0.2, -0.15) is 4.98 Å². The van der Waals surface area contributed by atoms with Crippen LogP contribution in [-0.2, 0) is 4.74 Å². The van der Waals surface area contributed by atoms with Gasteiger partial charge in [-0.15, -0.1) is 0 Å². The number of fused-ring (bicyclic) bond motifs is 1. The molecule has 5 rings (SSSR count). The highest BCUT2D eigenvalue weighted by atomic mass is 35.5. The fourth-order valence-electron chi connectivity index (χ4n) is 3.90. The van der Waals surface area contributed by atoms with E-state index in [2.05, 4.69) is 25.3 Å². The normalized spacial score (nSPS) is 14.3. The van der Waals surface area contributed by atoms with Crippen LogP contribution in [0.2, 0.25) is 5.15 Å². The van der Waals surface area contributed by atoms with Crippen molar-refractivity contribution in [2.24, 2.45) is 0 Å². The van der Waals surface area contributed by atoms with E-state index in [1.807, 2.05) is 13.0 Å². The Labute approximate surface area is 204 Å². The Morgan fingerprint density at radius 1 is 1.12 bits per heavy atom. The number of amides is 1. The molecule has 0 radical (unpaired) electrons. The highest BCUT2D eigenvalue weighted by Gasteiger charge is 2.21. The van der Waals surface area contributed by atoms with Gasteiger partial charge in [0.2, 0.25) is 0 Å². The lowest BCUT2D eigenvalue weighted by atomic mass is 9.97. The Kier molecular flexibility index (Phi) is 6.36. The van der Waals surface area contributed by atoms with E-state index in [9.17, 15) is 4.79 Å². The van der Waals surface area contributed by atoms with E-state index in [4.69, 9.17) is 26.1 Å². The first kappa shape index (κ1) is 22.6. The Morgan fingerprint density at radius 2 is 1.94 bits per heavy atom. The molecule has 0 atom stereocenters. The van der Waals surface area contributed by atoms with Gasteiger partial charge in [0.1, 0.15) is 10.9 Å². The van der Waals surface area contributed by atoms with Crippen LogP contribution in [0, 0.1) is 6.92 Å². The second-order valence-electron chi connectivity index (χ2n) is 7.86. The monoisotopic (exact) mass is 496 g/mol. The molecule has 11 heteroatoms. The van der Waals surface area contributed by atoms with Crippen molar-refractivity contribution in [3.8, 4) is 16.9 Å². The average molecular weight is 497 g/mol. The van der Waals surface area contributed by atoms with Gasteiger partial charge in [-0.1, -0.05) is 22.9 Å². The largest absolute Gasteiger partial charge is 0.494 e. The molecule has 0 aromatic carbocycles. The van der Waals surface area contributed by atoms with Crippen molar-refractivity contribution in [1.29, 1.82) is 0 Å². The maximum atomic E-state index is 13.3. The van der Waals surface area contributed by atoms with Gasteiger partial charge in [0, 0.05) is 42.1 Å². The molecule has 0 bridgehead atoms. The third-order valence-electron chi connectivity index (χ3n) is 5.63. The first-order valence-corrected chi connectivity index (χ1v) is 11.9. The fraction of sp³-hybridized carbons (Fsp3) is 0.304. The molecule has 1 fully saturated rings. The SMILES string of the molecule is COc1cnc(Cl)cc1-c1cc(C)ncc1C(=O)Nc1nc2ncc(C3CCOCC3)nc2s1. The van der Waals surface area contributed by atoms with E-state index >= 15 is 0 Å². The molecule has 9 nitrogen and oxygen atoms in total. The highest BCUT2D eigenvalue weighted by Crippen LogP contribution is 2.35. The zero-order valence-electron chi connectivity index (χ0n) is 18.5. The number of thiazole rings is 1. The van der Waals surface area contributed by atoms with E-state index in [1.54, 1.807) is 12.3 Å². The first-order chi connectivity index (χ1) is 16.5. The van der Waals surface area contributed by atoms with Gasteiger partial charge in [0.25, 0.3) is 5.91 Å². The molecule has 1 amide bonds. The van der Waals surface area contributed by atoms with Crippen LogP contribution in [0.25, 0.3) is 21.6 Å². The topological polar surface area (TPSA) is 112 Å². The van der Waals surface area contributed by atoms with Crippen molar-refractivity contribution in [2.45, 2.75) is 25.7 Å². The quantitative estimate of drug-likeness (QED) is 0.397. The Morgan fingerprint density at radius 3 is 2.74 bits per heavy atom. The van der Waals surface area contributed by atoms with Crippen LogP contribution < -0.4 is 10.1 Å². The lowest BCUT2D eigenvalue weighted by molar-refractivity contribution is 0.0845. The Hall–Kier alpha value is -3.21. The number of carbonyl (C=O) groups is 1. The number of pyridine rings is 2. The molecule has 174 valence electrons. The minimum absolute atomic E-state index is 0.292. The Bertz CT molecular complexity index is 1370. The molecule has 0 spiro atoms. The van der Waals surface area contributed by atoms with Gasteiger partial charge >= 0.3 is 0 Å². The molecule has 0 unspecified atom stereocenters. The molecule has 34 heavy (non-hydrogen) atoms. The van der Waals surface area contributed by atoms with Gasteiger partial charge in [-0.3, -0.25) is 15.1 Å². The fourth-order valence-corrected chi connectivity index (χ4v) is 4.85. The number of methoxy groups -OCH3 is 1. The average Bonchev–Trinajstić information content (AvgIpc) is 3.25. The van der Waals surface area contributed by atoms with Crippen LogP contribution >= 0.6 is 22.9 Å². The van der Waals surface area contributed by atoms with E-state index in [-0.39, 0.29) is 5.91 Å². The van der Waals surface area contributed by atoms with Crippen LogP contribution in [0.5, 0.6) is 5.75 Å². The molecule has 1 saturated heterocycles. The summed E-state index contributed by atoms with van der Waals surface area (Å²) in [5, 5.41) is 3.57. The van der Waals surface area contributed by atoms with Crippen molar-refractivity contribution < 1.29 is 14.3 Å². The molecule has 1 aliphatic rings. The molecule has 1 N–H and O–H groups in total. The summed E-state index contributed by atoms with van der Waals surface area (Å²) < 4.78 is 10.9. The molecule has 0 saturated carbocycles. The standard InChI is InChI=1S/C23H21ClN6O3S/c1-12-7-14(15-8-19(24)26-11-18(15)32-2)16(9-25-12)21(31)30-23-29-20-22(34-23)28-17(10-27-20)13-3-5-33-6-4-13/h7-11,13H,3-6H2,1-2H3,(H,27,29,30,31). The predicted molar refractivity (Wildman–Crippen MR) is 130 cm³/mol. The van der Waals surface area contributed by atoms with Crippen molar-refractivity contribution in [3.63, 3.8) is 0 Å². The summed E-state index contributed by atoms with van der Waals surface area (Å²) in [5.74, 6) is 0.466. The van der Waals surface area contributed by atoms with Gasteiger partial charge in [-0.25, -0.2) is 15.0 Å². The third kappa shape index (κ3) is 4.56. The number of aromatic nitrogens is 5. The minimum atomic E-state index is -0.360. The lowest BCUT2D eigenvalue weighted by Crippen LogP contribution is -2.15. The summed E-state index contributed by atoms with van der Waals surface area (Å²) >= 11 is 7.42. The maximum Gasteiger partial charge on any atom is 0.259 e. The van der Waals surface area contributed by atoms with Gasteiger partial charge < -0.3 is 9.47 Å². The Balaban J connectivity index is 1.45. The van der Waals surface area contributed by atoms with Gasteiger partial charge in [0.05, 0.1) is 30.8 Å². The second-order valence-corrected chi connectivity index (χ2v) is 9.23. The molecular formula is C23H21ClN6O3S. The summed E-state index contributed by atoms with van der Waals surface area (Å²) in [4.78, 5) is 36.0. The number of nitrogens with one attached hydrogen (secondary N) is 1. The molecule has 0 aliphatic carbocycles. The number of hydrogen-bond donors (Lipinski definition) is 1. The van der Waals surface area contributed by atoms with Crippen molar-refractivity contribution >= 4 is 44.5 Å². The number of rotatable bonds is 5. The van der Waals surface area contributed by atoms with E-state index in [0.717, 1.165) is 37.4 Å². The number of aryl methyl sites for hydroxylation is 1. The zero-order valence-corrected chi connectivity index (χ0v) is 20.1. The van der Waals surface area contributed by atoms with Crippen molar-refractivity contribution in [3.05, 3.63) is 52.8 Å². The van der Waals surface area contributed by atoms with Crippen LogP contribution in [-0.4, -0.2) is 51.2 Å². The lowest BCUT2D eigenvalue weighted by Gasteiger charge is -2.20. The summed E-state index contributed by atoms with van der Waals surface area (Å²) in [6.45, 7) is 3.31. The number of hydrogen-bond acceptors (Lipinski definition) is 9. The summed E-state index contributed by atoms with van der Waals surface area (Å²) in [6.07, 6.45) is 6.67. The number of nitrogens with zero attached hydrogens (tertiary/aromatic N) is 5. The zero-order chi connectivity index (χ0) is 23.7. The van der Waals surface area contributed by atoms with Gasteiger partial charge in [-0.05, 0) is 31.9 Å². The molecule has 4 aromatic heterocycles. The first-order valence-electron chi connectivity index (χ1n) is 10.7. The van der Waals surface area contributed by atoms with Gasteiger partial charge in [0.15, 0.2) is 15.6 Å². The number of halogens is 1. The summed E-state index contributed by atoms with van der Waals surface area (Å²) in [7, 11) is 1.54. The maximum absolute atomic E-state index is 13.3. The van der Waals surface area contributed by atoms with Crippen LogP contribution in [0.3, 0.4) is 0 Å². The number of anilines is 1. The minimum Gasteiger partial charge on any atom is -0.494 e. The van der Waals surface area contributed by atoms with E-state index in [1.165, 1.54) is 30.8 Å². The summed E-state index contributed by atoms with van der Waals surface area (Å²) in [5.41, 5.74) is 3.81. The molecular weight excluding hydrogens is 476 g/mol. The molecule has 1 aliphatic heterocycles. The van der Waals surface area contributed by atoms with E-state index in [0.29, 0.717) is 49.1 Å². The van der Waals surface area contributed by atoms with Crippen LogP contribution in [0.15, 0.2) is 30.7 Å². The smallest absolute Gasteiger partial charge is 0.259 e. The predicted octanol–water partition coefficient (Wildman–Crippen LogP) is 4.66. The third-order valence-corrected chi connectivity index (χ3v) is 6.69. The molecule has 4 aromatic rings. The van der Waals surface area contributed by atoms with Crippen molar-refractivity contribution in [1.82, 2.24) is 24.9 Å². The number of ether oxygens (including phenoxy) is 2. The summed E-state index contributed by atoms with van der Waals surface area (Å²) in [6, 6.07) is 3.47. The highest BCUT2D eigenvalue weighted by molar-refractivity contribution is 7.21. The van der Waals surface area contributed by atoms with Crippen molar-refractivity contribution in [2.75, 3.05) is 25.6 Å².